The maximum absolute atomic E-state index is 10.3. The number of carboxylic acid groups (broad SMARTS) is 1. The second-order valence-corrected chi connectivity index (χ2v) is 1.65. The number of carboxylic acids is 1. The van der Waals surface area contributed by atoms with E-state index in [0.717, 1.165) is 0 Å². The maximum atomic E-state index is 10.3. The highest BCUT2D eigenvalue weighted by Crippen LogP contribution is 2.00. The number of hydrogen-bond acceptors (Lipinski definition) is 2. The van der Waals surface area contributed by atoms with Crippen molar-refractivity contribution in [1.29, 1.82) is 0 Å². The van der Waals surface area contributed by atoms with E-state index in [2.05, 4.69) is 13.2 Å². The highest BCUT2D eigenvalue weighted by molar-refractivity contribution is 5.91. The number of rotatable bonds is 3. The molecule has 0 saturated carbocycles. The van der Waals surface area contributed by atoms with Crippen molar-refractivity contribution < 1.29 is 9.90 Å². The summed E-state index contributed by atoms with van der Waals surface area (Å²) < 4.78 is 0. The Balaban J connectivity index is 0. The van der Waals surface area contributed by atoms with Crippen LogP contribution in [0.3, 0.4) is 0 Å². The van der Waals surface area contributed by atoms with E-state index in [0.29, 0.717) is 0 Å². The Morgan fingerprint density at radius 2 is 1.92 bits per heavy atom. The van der Waals surface area contributed by atoms with Gasteiger partial charge in [-0.2, -0.15) is 0 Å². The maximum Gasteiger partial charge on any atom is 0.337 e. The molecule has 0 amide bonds. The van der Waals surface area contributed by atoms with Gasteiger partial charge in [0.15, 0.2) is 0 Å². The molecule has 0 rings (SSSR count). The van der Waals surface area contributed by atoms with Gasteiger partial charge in [-0.15, -0.1) is 0 Å². The molecule has 0 fully saturated rings. The van der Waals surface area contributed by atoms with Gasteiger partial charge in [0, 0.05) is 5.70 Å². The van der Waals surface area contributed by atoms with Crippen molar-refractivity contribution in [2.24, 2.45) is 5.73 Å². The summed E-state index contributed by atoms with van der Waals surface area (Å²) in [7, 11) is 0. The van der Waals surface area contributed by atoms with E-state index >= 15 is 0 Å². The molecule has 0 unspecified atom stereocenters. The molecule has 0 aliphatic rings. The van der Waals surface area contributed by atoms with Crippen LogP contribution in [0.15, 0.2) is 36.6 Å². The third-order valence-corrected chi connectivity index (χ3v) is 0.861. The number of nitrogens with two attached hydrogens (primary N) is 1. The lowest BCUT2D eigenvalue weighted by atomic mass is 10.2. The van der Waals surface area contributed by atoms with Gasteiger partial charge in [-0.3, -0.25) is 0 Å². The molecule has 0 saturated heterocycles. The molecule has 0 aromatic heterocycles. The Hall–Kier alpha value is -1.51. The third kappa shape index (κ3) is 5.29. The van der Waals surface area contributed by atoms with Crippen molar-refractivity contribution in [3.8, 4) is 0 Å². The first kappa shape index (κ1) is 13.1. The van der Waals surface area contributed by atoms with Crippen LogP contribution in [0.25, 0.3) is 0 Å². The first-order valence-corrected chi connectivity index (χ1v) is 3.60. The smallest absolute Gasteiger partial charge is 0.337 e. The molecule has 3 heteroatoms. The van der Waals surface area contributed by atoms with Crippen molar-refractivity contribution >= 4 is 5.97 Å². The van der Waals surface area contributed by atoms with Crippen LogP contribution >= 0.6 is 0 Å². The standard InChI is InChI=1S/C7H9NO2.C2H6/c1-3-4-6(5(2)8)7(9)10;1-2/h3-4H,1-2,8H2,(H,9,10);1-2H3/b6-4+;. The Morgan fingerprint density at radius 3 is 2.00 bits per heavy atom. The van der Waals surface area contributed by atoms with Crippen LogP contribution in [0.1, 0.15) is 13.8 Å². The van der Waals surface area contributed by atoms with Gasteiger partial charge in [-0.05, 0) is 6.08 Å². The summed E-state index contributed by atoms with van der Waals surface area (Å²) >= 11 is 0. The van der Waals surface area contributed by atoms with Crippen molar-refractivity contribution in [2.45, 2.75) is 13.8 Å². The second-order valence-electron chi connectivity index (χ2n) is 1.65. The van der Waals surface area contributed by atoms with Crippen LogP contribution in [-0.2, 0) is 4.79 Å². The lowest BCUT2D eigenvalue weighted by Crippen LogP contribution is -2.08. The van der Waals surface area contributed by atoms with Gasteiger partial charge >= 0.3 is 5.97 Å². The summed E-state index contributed by atoms with van der Waals surface area (Å²) in [5.41, 5.74) is 5.15. The first-order valence-electron chi connectivity index (χ1n) is 3.60. The van der Waals surface area contributed by atoms with E-state index in [1.165, 1.54) is 12.2 Å². The molecule has 3 nitrogen and oxygen atoms in total. The van der Waals surface area contributed by atoms with Gasteiger partial charge in [0.2, 0.25) is 0 Å². The van der Waals surface area contributed by atoms with Crippen molar-refractivity contribution in [1.82, 2.24) is 0 Å². The number of carbonyl (C=O) groups is 1. The zero-order valence-corrected chi connectivity index (χ0v) is 7.50. The van der Waals surface area contributed by atoms with Gasteiger partial charge in [0.1, 0.15) is 0 Å². The molecule has 0 aliphatic carbocycles. The van der Waals surface area contributed by atoms with E-state index in [4.69, 9.17) is 10.8 Å². The highest BCUT2D eigenvalue weighted by Gasteiger charge is 2.05. The molecule has 0 radical (unpaired) electrons. The molecule has 3 N–H and O–H groups in total. The summed E-state index contributed by atoms with van der Waals surface area (Å²) in [6.45, 7) is 10.6. The van der Waals surface area contributed by atoms with E-state index < -0.39 is 5.97 Å². The zero-order chi connectivity index (χ0) is 10.1. The molecule has 0 aliphatic heterocycles. The van der Waals surface area contributed by atoms with Crippen LogP contribution in [-0.4, -0.2) is 11.1 Å². The predicted octanol–water partition coefficient (Wildman–Crippen LogP) is 1.68. The number of hydrogen-bond donors (Lipinski definition) is 2. The molecule has 0 heterocycles. The van der Waals surface area contributed by atoms with Crippen molar-refractivity contribution in [3.63, 3.8) is 0 Å². The van der Waals surface area contributed by atoms with Crippen LogP contribution in [0, 0.1) is 0 Å². The van der Waals surface area contributed by atoms with Crippen LogP contribution in [0.5, 0.6) is 0 Å². The fraction of sp³-hybridized carbons (Fsp3) is 0.222. The summed E-state index contributed by atoms with van der Waals surface area (Å²) in [5, 5.41) is 8.42. The SMILES string of the molecule is C=C/C=C(\C(=C)N)C(=O)O.CC. The average molecular weight is 169 g/mol. The normalized spacial score (nSPS) is 9.33. The van der Waals surface area contributed by atoms with Crippen molar-refractivity contribution in [2.75, 3.05) is 0 Å². The summed E-state index contributed by atoms with van der Waals surface area (Å²) in [5.74, 6) is -1.09. The predicted molar refractivity (Wildman–Crippen MR) is 50.6 cm³/mol. The van der Waals surface area contributed by atoms with Gasteiger partial charge in [0.25, 0.3) is 0 Å². The molecular formula is C9H15NO2. The van der Waals surface area contributed by atoms with Gasteiger partial charge < -0.3 is 10.8 Å². The lowest BCUT2D eigenvalue weighted by Gasteiger charge is -1.96. The lowest BCUT2D eigenvalue weighted by molar-refractivity contribution is -0.132. The molecular weight excluding hydrogens is 154 g/mol. The minimum atomic E-state index is -1.09. The van der Waals surface area contributed by atoms with Crippen LogP contribution < -0.4 is 5.73 Å². The van der Waals surface area contributed by atoms with E-state index in [9.17, 15) is 4.79 Å². The van der Waals surface area contributed by atoms with Crippen LogP contribution in [0.2, 0.25) is 0 Å². The van der Waals surface area contributed by atoms with Gasteiger partial charge in [0.05, 0.1) is 5.57 Å². The Morgan fingerprint density at radius 1 is 1.50 bits per heavy atom. The molecule has 0 bridgehead atoms. The molecule has 12 heavy (non-hydrogen) atoms. The summed E-state index contributed by atoms with van der Waals surface area (Å²) in [6.07, 6.45) is 2.64. The Labute approximate surface area is 72.9 Å². The molecule has 0 aromatic rings. The van der Waals surface area contributed by atoms with E-state index in [-0.39, 0.29) is 11.3 Å². The fourth-order valence-corrected chi connectivity index (χ4v) is 0.434. The average Bonchev–Trinajstić information content (AvgIpc) is 2.03. The third-order valence-electron chi connectivity index (χ3n) is 0.861. The topological polar surface area (TPSA) is 63.3 Å². The van der Waals surface area contributed by atoms with E-state index in [1.807, 2.05) is 13.8 Å². The van der Waals surface area contributed by atoms with Gasteiger partial charge in [-0.25, -0.2) is 4.79 Å². The molecule has 0 aromatic carbocycles. The molecule has 0 atom stereocenters. The minimum absolute atomic E-state index is 0.0185. The number of aliphatic carboxylic acids is 1. The highest BCUT2D eigenvalue weighted by atomic mass is 16.4. The van der Waals surface area contributed by atoms with E-state index in [1.54, 1.807) is 0 Å². The zero-order valence-electron chi connectivity index (χ0n) is 7.50. The first-order chi connectivity index (χ1) is 5.59. The quantitative estimate of drug-likeness (QED) is 0.499. The fourth-order valence-electron chi connectivity index (χ4n) is 0.434. The Bertz CT molecular complexity index is 189. The van der Waals surface area contributed by atoms with Crippen LogP contribution in [0.4, 0.5) is 0 Å². The second kappa shape index (κ2) is 7.60. The minimum Gasteiger partial charge on any atom is -0.478 e. The summed E-state index contributed by atoms with van der Waals surface area (Å²) in [4.78, 5) is 10.3. The molecule has 68 valence electrons. The van der Waals surface area contributed by atoms with Crippen molar-refractivity contribution in [3.05, 3.63) is 36.6 Å². The number of allylic oxidation sites excluding steroid dienone is 2. The largest absolute Gasteiger partial charge is 0.478 e. The molecule has 0 spiro atoms. The van der Waals surface area contributed by atoms with Gasteiger partial charge in [-0.1, -0.05) is 33.1 Å². The monoisotopic (exact) mass is 169 g/mol. The Kier molecular flexibility index (Phi) is 8.30. The summed E-state index contributed by atoms with van der Waals surface area (Å²) in [6, 6.07) is 0.